The molecule has 1 aliphatic rings. The quantitative estimate of drug-likeness (QED) is 0.843. The minimum Gasteiger partial charge on any atom is -0.484 e. The van der Waals surface area contributed by atoms with E-state index in [0.29, 0.717) is 5.75 Å². The minimum atomic E-state index is -0.318. The molecular weight excluding hydrogens is 235 g/mol. The summed E-state index contributed by atoms with van der Waals surface area (Å²) in [5.41, 5.74) is 0. The molecule has 1 heterocycles. The Kier molecular flexibility index (Phi) is 4.52. The Morgan fingerprint density at radius 2 is 2.00 bits per heavy atom. The Hall–Kier alpha value is -1.62. The summed E-state index contributed by atoms with van der Waals surface area (Å²) in [5.74, 6) is 0.0459. The van der Waals surface area contributed by atoms with Crippen LogP contribution < -0.4 is 15.4 Å². The Bertz CT molecular complexity index is 388. The van der Waals surface area contributed by atoms with E-state index in [0.717, 1.165) is 25.9 Å². The number of hydrogen-bond acceptors (Lipinski definition) is 3. The second-order valence-corrected chi connectivity index (χ2v) is 4.33. The van der Waals surface area contributed by atoms with Crippen LogP contribution in [0.3, 0.4) is 0 Å². The Morgan fingerprint density at radius 3 is 2.67 bits per heavy atom. The summed E-state index contributed by atoms with van der Waals surface area (Å²) in [6, 6.07) is 5.86. The highest BCUT2D eigenvalue weighted by atomic mass is 19.1. The van der Waals surface area contributed by atoms with Gasteiger partial charge in [-0.1, -0.05) is 0 Å². The number of amides is 1. The molecule has 18 heavy (non-hydrogen) atoms. The van der Waals surface area contributed by atoms with E-state index in [-0.39, 0.29) is 24.4 Å². The fraction of sp³-hybridized carbons (Fsp3) is 0.462. The molecule has 4 nitrogen and oxygen atoms in total. The lowest BCUT2D eigenvalue weighted by molar-refractivity contribution is -0.123. The molecule has 0 spiro atoms. The Morgan fingerprint density at radius 1 is 1.33 bits per heavy atom. The van der Waals surface area contributed by atoms with Gasteiger partial charge < -0.3 is 15.4 Å². The molecule has 1 saturated heterocycles. The second kappa shape index (κ2) is 6.35. The van der Waals surface area contributed by atoms with Crippen LogP contribution in [-0.2, 0) is 4.79 Å². The van der Waals surface area contributed by atoms with Gasteiger partial charge in [-0.05, 0) is 50.2 Å². The van der Waals surface area contributed by atoms with Crippen LogP contribution in [0.1, 0.15) is 12.8 Å². The smallest absolute Gasteiger partial charge is 0.258 e. The number of ether oxygens (including phenoxy) is 1. The largest absolute Gasteiger partial charge is 0.484 e. The maximum Gasteiger partial charge on any atom is 0.258 e. The number of carbonyl (C=O) groups excluding carboxylic acids is 1. The Labute approximate surface area is 106 Å². The van der Waals surface area contributed by atoms with E-state index < -0.39 is 0 Å². The topological polar surface area (TPSA) is 50.4 Å². The van der Waals surface area contributed by atoms with Crippen LogP contribution in [-0.4, -0.2) is 31.6 Å². The van der Waals surface area contributed by atoms with E-state index in [1.54, 1.807) is 0 Å². The molecular formula is C13H17FN2O2. The molecule has 0 aromatic heterocycles. The van der Waals surface area contributed by atoms with E-state index in [9.17, 15) is 9.18 Å². The number of halogens is 1. The lowest BCUT2D eigenvalue weighted by atomic mass is 10.1. The standard InChI is InChI=1S/C13H17FN2O2/c14-10-1-3-12(4-2-10)18-9-13(17)16-11-5-7-15-8-6-11/h1-4,11,15H,5-9H2,(H,16,17). The van der Waals surface area contributed by atoms with Gasteiger partial charge in [-0.15, -0.1) is 0 Å². The van der Waals surface area contributed by atoms with Gasteiger partial charge in [0, 0.05) is 6.04 Å². The molecule has 1 aromatic rings. The molecule has 98 valence electrons. The monoisotopic (exact) mass is 252 g/mol. The van der Waals surface area contributed by atoms with Crippen molar-refractivity contribution in [3.63, 3.8) is 0 Å². The van der Waals surface area contributed by atoms with Crippen molar-refractivity contribution in [3.8, 4) is 5.75 Å². The third kappa shape index (κ3) is 4.00. The SMILES string of the molecule is O=C(COc1ccc(F)cc1)NC1CCNCC1. The first-order valence-electron chi connectivity index (χ1n) is 6.12. The maximum absolute atomic E-state index is 12.7. The summed E-state index contributed by atoms with van der Waals surface area (Å²) in [5, 5.41) is 6.16. The molecule has 2 rings (SSSR count). The summed E-state index contributed by atoms with van der Waals surface area (Å²) in [7, 11) is 0. The van der Waals surface area contributed by atoms with E-state index in [2.05, 4.69) is 10.6 Å². The van der Waals surface area contributed by atoms with E-state index >= 15 is 0 Å². The van der Waals surface area contributed by atoms with Crippen LogP contribution in [0.4, 0.5) is 4.39 Å². The van der Waals surface area contributed by atoms with Gasteiger partial charge in [-0.3, -0.25) is 4.79 Å². The fourth-order valence-electron chi connectivity index (χ4n) is 1.92. The third-order valence-corrected chi connectivity index (χ3v) is 2.89. The molecule has 1 amide bonds. The van der Waals surface area contributed by atoms with Crippen molar-refractivity contribution >= 4 is 5.91 Å². The molecule has 0 saturated carbocycles. The van der Waals surface area contributed by atoms with E-state index in [1.807, 2.05) is 0 Å². The Balaban J connectivity index is 1.72. The molecule has 1 fully saturated rings. The fourth-order valence-corrected chi connectivity index (χ4v) is 1.92. The third-order valence-electron chi connectivity index (χ3n) is 2.89. The van der Waals surface area contributed by atoms with Gasteiger partial charge in [0.25, 0.3) is 5.91 Å². The van der Waals surface area contributed by atoms with Crippen molar-refractivity contribution in [1.82, 2.24) is 10.6 Å². The number of carbonyl (C=O) groups is 1. The number of benzene rings is 1. The van der Waals surface area contributed by atoms with E-state index in [4.69, 9.17) is 4.74 Å². The van der Waals surface area contributed by atoms with Crippen LogP contribution in [0.25, 0.3) is 0 Å². The van der Waals surface area contributed by atoms with Gasteiger partial charge in [-0.2, -0.15) is 0 Å². The van der Waals surface area contributed by atoms with Crippen molar-refractivity contribution < 1.29 is 13.9 Å². The van der Waals surface area contributed by atoms with Gasteiger partial charge >= 0.3 is 0 Å². The van der Waals surface area contributed by atoms with Gasteiger partial charge in [-0.25, -0.2) is 4.39 Å². The van der Waals surface area contributed by atoms with Crippen molar-refractivity contribution in [2.24, 2.45) is 0 Å². The average molecular weight is 252 g/mol. The van der Waals surface area contributed by atoms with Gasteiger partial charge in [0.05, 0.1) is 0 Å². The summed E-state index contributed by atoms with van der Waals surface area (Å²) in [6.07, 6.45) is 1.89. The highest BCUT2D eigenvalue weighted by Crippen LogP contribution is 2.10. The molecule has 1 aromatic carbocycles. The normalized spacial score (nSPS) is 16.3. The lowest BCUT2D eigenvalue weighted by Gasteiger charge is -2.23. The van der Waals surface area contributed by atoms with Gasteiger partial charge in [0.15, 0.2) is 6.61 Å². The zero-order valence-electron chi connectivity index (χ0n) is 10.1. The van der Waals surface area contributed by atoms with Crippen LogP contribution >= 0.6 is 0 Å². The molecule has 0 bridgehead atoms. The summed E-state index contributed by atoms with van der Waals surface area (Å²) in [4.78, 5) is 11.6. The van der Waals surface area contributed by atoms with Crippen LogP contribution in [0.15, 0.2) is 24.3 Å². The minimum absolute atomic E-state index is 0.0322. The predicted molar refractivity (Wildman–Crippen MR) is 65.9 cm³/mol. The van der Waals surface area contributed by atoms with Crippen LogP contribution in [0.2, 0.25) is 0 Å². The lowest BCUT2D eigenvalue weighted by Crippen LogP contribution is -2.44. The highest BCUT2D eigenvalue weighted by molar-refractivity contribution is 5.77. The van der Waals surface area contributed by atoms with Crippen molar-refractivity contribution in [1.29, 1.82) is 0 Å². The van der Waals surface area contributed by atoms with Gasteiger partial charge in [0.1, 0.15) is 11.6 Å². The zero-order chi connectivity index (χ0) is 12.8. The molecule has 0 unspecified atom stereocenters. The molecule has 5 heteroatoms. The average Bonchev–Trinajstić information content (AvgIpc) is 2.39. The van der Waals surface area contributed by atoms with E-state index in [1.165, 1.54) is 24.3 Å². The number of piperidine rings is 1. The van der Waals surface area contributed by atoms with Crippen LogP contribution in [0.5, 0.6) is 5.75 Å². The first kappa shape index (κ1) is 12.8. The first-order chi connectivity index (χ1) is 8.74. The second-order valence-electron chi connectivity index (χ2n) is 4.33. The molecule has 0 aliphatic carbocycles. The summed E-state index contributed by atoms with van der Waals surface area (Å²) >= 11 is 0. The number of nitrogens with one attached hydrogen (secondary N) is 2. The van der Waals surface area contributed by atoms with Crippen molar-refractivity contribution in [3.05, 3.63) is 30.1 Å². The first-order valence-corrected chi connectivity index (χ1v) is 6.12. The maximum atomic E-state index is 12.7. The summed E-state index contributed by atoms with van der Waals surface area (Å²) in [6.45, 7) is 1.84. The predicted octanol–water partition coefficient (Wildman–Crippen LogP) is 1.07. The van der Waals surface area contributed by atoms with Crippen molar-refractivity contribution in [2.45, 2.75) is 18.9 Å². The zero-order valence-corrected chi connectivity index (χ0v) is 10.1. The van der Waals surface area contributed by atoms with Crippen molar-refractivity contribution in [2.75, 3.05) is 19.7 Å². The molecule has 0 radical (unpaired) electrons. The van der Waals surface area contributed by atoms with Gasteiger partial charge in [0.2, 0.25) is 0 Å². The number of hydrogen-bond donors (Lipinski definition) is 2. The highest BCUT2D eigenvalue weighted by Gasteiger charge is 2.15. The summed E-state index contributed by atoms with van der Waals surface area (Å²) < 4.78 is 17.9. The number of rotatable bonds is 4. The van der Waals surface area contributed by atoms with Crippen LogP contribution in [0, 0.1) is 5.82 Å². The molecule has 0 atom stereocenters. The molecule has 2 N–H and O–H groups in total. The molecule has 1 aliphatic heterocycles.